The minimum Gasteiger partial charge on any atom is -0.382 e. The number of anilines is 2. The number of nitriles is 1. The van der Waals surface area contributed by atoms with Gasteiger partial charge in [0, 0.05) is 76.7 Å². The van der Waals surface area contributed by atoms with Crippen LogP contribution in [0.2, 0.25) is 0 Å². The highest BCUT2D eigenvalue weighted by atomic mass is 19.1. The number of likely N-dealkylation sites (N-methyl/N-ethyl adjacent to an activating group) is 1. The van der Waals surface area contributed by atoms with Gasteiger partial charge in [-0.25, -0.2) is 9.37 Å². The molecular weight excluding hydrogens is 617 g/mol. The van der Waals surface area contributed by atoms with Gasteiger partial charge < -0.3 is 25.8 Å². The van der Waals surface area contributed by atoms with Gasteiger partial charge in [0.25, 0.3) is 5.91 Å². The molecule has 5 rings (SSSR count). The molecule has 3 heterocycles. The molecule has 2 aromatic heterocycles. The number of nitrogens with zero attached hydrogens (tertiary/aromatic N) is 6. The summed E-state index contributed by atoms with van der Waals surface area (Å²) in [6.45, 7) is 9.92. The van der Waals surface area contributed by atoms with Crippen molar-refractivity contribution in [2.45, 2.75) is 32.7 Å². The van der Waals surface area contributed by atoms with Gasteiger partial charge in [0.05, 0.1) is 34.6 Å². The minimum atomic E-state index is -0.782. The van der Waals surface area contributed by atoms with Crippen LogP contribution in [0, 0.1) is 41.3 Å². The maximum absolute atomic E-state index is 15.3. The standard InChI is InChI=1S/C38H42FN9O/c1-26-16-34(39)33(19-28(26)9-10-32-22-42-36-35(8-7-11-48(32)36)43-31(21-40)24-45(4)5)37(49)44-30-18-27(17-29(20-30)38(2,3)25-41)23-47-14-12-46(6)13-15-47/h7-8,11,16-22,24,40,43H,12-15,23H2,1-6H3,(H,44,49)/b31-24+,40-21?. The quantitative estimate of drug-likeness (QED) is 0.162. The molecule has 0 radical (unpaired) electrons. The summed E-state index contributed by atoms with van der Waals surface area (Å²) in [6, 6.07) is 14.6. The fourth-order valence-corrected chi connectivity index (χ4v) is 5.60. The number of piperazine rings is 1. The first kappa shape index (κ1) is 34.8. The number of aryl methyl sites for hydroxylation is 1. The number of fused-ring (bicyclic) bond motifs is 1. The number of hydrogen-bond donors (Lipinski definition) is 3. The molecule has 1 aliphatic heterocycles. The summed E-state index contributed by atoms with van der Waals surface area (Å²) in [4.78, 5) is 24.6. The third-order valence-corrected chi connectivity index (χ3v) is 8.51. The van der Waals surface area contributed by atoms with Crippen LogP contribution in [0.15, 0.2) is 66.8 Å². The first-order valence-electron chi connectivity index (χ1n) is 16.1. The number of halogens is 1. The van der Waals surface area contributed by atoms with Gasteiger partial charge >= 0.3 is 0 Å². The highest BCUT2D eigenvalue weighted by Crippen LogP contribution is 2.28. The van der Waals surface area contributed by atoms with Gasteiger partial charge in [0.15, 0.2) is 5.65 Å². The van der Waals surface area contributed by atoms with Gasteiger partial charge in [-0.3, -0.25) is 14.1 Å². The van der Waals surface area contributed by atoms with Gasteiger partial charge in [0.2, 0.25) is 0 Å². The molecule has 1 fully saturated rings. The average Bonchev–Trinajstić information content (AvgIpc) is 3.48. The molecule has 1 amide bonds. The van der Waals surface area contributed by atoms with Crippen molar-refractivity contribution in [3.63, 3.8) is 0 Å². The van der Waals surface area contributed by atoms with Crippen LogP contribution in [-0.2, 0) is 12.0 Å². The molecule has 0 bridgehead atoms. The van der Waals surface area contributed by atoms with Crippen LogP contribution in [0.1, 0.15) is 52.2 Å². The number of allylic oxidation sites excluding steroid dienone is 1. The smallest absolute Gasteiger partial charge is 0.258 e. The number of nitrogens with one attached hydrogen (secondary N) is 3. The molecule has 252 valence electrons. The molecule has 4 aromatic rings. The zero-order valence-electron chi connectivity index (χ0n) is 28.9. The normalized spacial score (nSPS) is 14.1. The molecule has 0 saturated carbocycles. The second-order valence-electron chi connectivity index (χ2n) is 13.2. The second-order valence-corrected chi connectivity index (χ2v) is 13.2. The number of imidazole rings is 1. The van der Waals surface area contributed by atoms with Crippen molar-refractivity contribution in [3.05, 3.63) is 106 Å². The van der Waals surface area contributed by atoms with Crippen LogP contribution in [-0.4, -0.2) is 83.5 Å². The number of pyridine rings is 1. The summed E-state index contributed by atoms with van der Waals surface area (Å²) in [5.41, 5.74) is 4.98. The molecule has 3 N–H and O–H groups in total. The summed E-state index contributed by atoms with van der Waals surface area (Å²) >= 11 is 0. The van der Waals surface area contributed by atoms with Crippen LogP contribution in [0.4, 0.5) is 15.8 Å². The largest absolute Gasteiger partial charge is 0.382 e. The summed E-state index contributed by atoms with van der Waals surface area (Å²) in [5, 5.41) is 23.7. The Morgan fingerprint density at radius 1 is 1.12 bits per heavy atom. The molecule has 0 unspecified atom stereocenters. The lowest BCUT2D eigenvalue weighted by Gasteiger charge is -2.32. The predicted molar refractivity (Wildman–Crippen MR) is 192 cm³/mol. The van der Waals surface area contributed by atoms with Crippen LogP contribution >= 0.6 is 0 Å². The monoisotopic (exact) mass is 659 g/mol. The highest BCUT2D eigenvalue weighted by Gasteiger charge is 2.23. The number of carbonyl (C=O) groups is 1. The van der Waals surface area contributed by atoms with E-state index in [1.807, 2.05) is 67.7 Å². The number of hydrogen-bond acceptors (Lipinski definition) is 8. The van der Waals surface area contributed by atoms with Crippen molar-refractivity contribution in [2.75, 3.05) is 58.0 Å². The van der Waals surface area contributed by atoms with Crippen molar-refractivity contribution in [1.29, 1.82) is 10.7 Å². The van der Waals surface area contributed by atoms with E-state index in [0.717, 1.165) is 37.3 Å². The Morgan fingerprint density at radius 3 is 2.57 bits per heavy atom. The zero-order chi connectivity index (χ0) is 35.3. The van der Waals surface area contributed by atoms with E-state index < -0.39 is 17.1 Å². The Labute approximate surface area is 287 Å². The third kappa shape index (κ3) is 8.33. The minimum absolute atomic E-state index is 0.128. The molecule has 11 heteroatoms. The lowest BCUT2D eigenvalue weighted by atomic mass is 9.85. The van der Waals surface area contributed by atoms with Gasteiger partial charge in [-0.15, -0.1) is 0 Å². The van der Waals surface area contributed by atoms with Crippen molar-refractivity contribution in [3.8, 4) is 17.9 Å². The van der Waals surface area contributed by atoms with Crippen LogP contribution in [0.3, 0.4) is 0 Å². The van der Waals surface area contributed by atoms with Gasteiger partial charge in [-0.1, -0.05) is 12.0 Å². The molecule has 1 aliphatic rings. The third-order valence-electron chi connectivity index (χ3n) is 8.51. The Bertz CT molecular complexity index is 2020. The lowest BCUT2D eigenvalue weighted by Crippen LogP contribution is -2.43. The maximum Gasteiger partial charge on any atom is 0.258 e. The fourth-order valence-electron chi connectivity index (χ4n) is 5.60. The molecule has 0 spiro atoms. The summed E-state index contributed by atoms with van der Waals surface area (Å²) < 4.78 is 17.1. The molecular formula is C38H42FN9O. The van der Waals surface area contributed by atoms with Crippen molar-refractivity contribution in [1.82, 2.24) is 24.1 Å². The van der Waals surface area contributed by atoms with Crippen LogP contribution in [0.5, 0.6) is 0 Å². The predicted octanol–water partition coefficient (Wildman–Crippen LogP) is 5.45. The van der Waals surface area contributed by atoms with E-state index in [1.54, 1.807) is 25.4 Å². The topological polar surface area (TPSA) is 116 Å². The highest BCUT2D eigenvalue weighted by molar-refractivity contribution is 6.05. The fraction of sp³-hybridized carbons (Fsp3) is 0.316. The van der Waals surface area contributed by atoms with Crippen molar-refractivity contribution < 1.29 is 9.18 Å². The first-order valence-corrected chi connectivity index (χ1v) is 16.1. The van der Waals surface area contributed by atoms with Gasteiger partial charge in [0.1, 0.15) is 11.5 Å². The SMILES string of the molecule is Cc1cc(F)c(C(=O)Nc2cc(CN3CCN(C)CC3)cc(C(C)(C)C#N)c2)cc1C#Cc1cnc2c(N/C(C=N)=C/N(C)C)cccn12. The number of aromatic nitrogens is 2. The van der Waals surface area contributed by atoms with Gasteiger partial charge in [-0.05, 0) is 86.8 Å². The molecule has 10 nitrogen and oxygen atoms in total. The van der Waals surface area contributed by atoms with Crippen molar-refractivity contribution in [2.24, 2.45) is 0 Å². The number of benzene rings is 2. The maximum atomic E-state index is 15.3. The van der Waals surface area contributed by atoms with E-state index in [-0.39, 0.29) is 5.56 Å². The first-order chi connectivity index (χ1) is 23.4. The van der Waals surface area contributed by atoms with Crippen LogP contribution in [0.25, 0.3) is 5.65 Å². The Hall–Kier alpha value is -5.49. The van der Waals surface area contributed by atoms with E-state index in [9.17, 15) is 10.1 Å². The van der Waals surface area contributed by atoms with Gasteiger partial charge in [-0.2, -0.15) is 5.26 Å². The van der Waals surface area contributed by atoms with E-state index in [2.05, 4.69) is 50.4 Å². The van der Waals surface area contributed by atoms with Crippen molar-refractivity contribution >= 4 is 29.1 Å². The summed E-state index contributed by atoms with van der Waals surface area (Å²) in [6.07, 6.45) is 6.51. The van der Waals surface area contributed by atoms with E-state index in [1.165, 1.54) is 18.3 Å². The Kier molecular flexibility index (Phi) is 10.5. The number of carbonyl (C=O) groups excluding carboxylic acids is 1. The van der Waals surface area contributed by atoms with E-state index in [4.69, 9.17) is 5.41 Å². The molecule has 0 aliphatic carbocycles. The summed E-state index contributed by atoms with van der Waals surface area (Å²) in [5.74, 6) is 4.99. The number of amides is 1. The molecule has 49 heavy (non-hydrogen) atoms. The Balaban J connectivity index is 1.42. The average molecular weight is 660 g/mol. The lowest BCUT2D eigenvalue weighted by molar-refractivity contribution is 0.102. The number of rotatable bonds is 9. The summed E-state index contributed by atoms with van der Waals surface area (Å²) in [7, 11) is 5.86. The molecule has 0 atom stereocenters. The molecule has 2 aromatic carbocycles. The Morgan fingerprint density at radius 2 is 1.88 bits per heavy atom. The van der Waals surface area contributed by atoms with E-state index >= 15 is 4.39 Å². The molecule has 1 saturated heterocycles. The second kappa shape index (κ2) is 14.7. The van der Waals surface area contributed by atoms with Crippen LogP contribution < -0.4 is 10.6 Å². The van der Waals surface area contributed by atoms with E-state index in [0.29, 0.717) is 46.1 Å². The zero-order valence-corrected chi connectivity index (χ0v) is 28.9.